The van der Waals surface area contributed by atoms with Gasteiger partial charge in [0.1, 0.15) is 11.3 Å². The van der Waals surface area contributed by atoms with Crippen LogP contribution in [0.5, 0.6) is 5.75 Å². The standard InChI is InChI=1S/C23H27N9O6/c33-16-11-24-23(36)20-19(16)21(34)17-14(25-12-31(37,27-3-4-27)28-5-6-28)1-2-15(18(17)22(20)35)26-13-32(38,29-7-8-29)30-9-10-30/h1-2,11,25-26,33H,3-10,12-13H2,(H,24,36). The largest absolute Gasteiger partial charge is 0.590 e. The molecular formula is C23H27N9O6. The summed E-state index contributed by atoms with van der Waals surface area (Å²) in [6.45, 7) is 5.07. The molecule has 0 saturated carbocycles. The minimum Gasteiger partial charge on any atom is -0.590 e. The number of carbonyl (C=O) groups is 2. The van der Waals surface area contributed by atoms with Crippen LogP contribution >= 0.6 is 0 Å². The van der Waals surface area contributed by atoms with Crippen LogP contribution < -0.4 is 16.2 Å². The third kappa shape index (κ3) is 3.63. The summed E-state index contributed by atoms with van der Waals surface area (Å²) in [5.41, 5.74) is -1.31. The molecule has 0 atom stereocenters. The average Bonchev–Trinajstić information content (AvgIpc) is 3.75. The fourth-order valence-corrected chi connectivity index (χ4v) is 5.15. The lowest BCUT2D eigenvalue weighted by atomic mass is 9.82. The van der Waals surface area contributed by atoms with Gasteiger partial charge in [0.05, 0.1) is 80.4 Å². The van der Waals surface area contributed by atoms with Crippen molar-refractivity contribution in [2.75, 3.05) is 76.3 Å². The van der Waals surface area contributed by atoms with Crippen LogP contribution in [0.2, 0.25) is 0 Å². The number of hydrogen-bond donors (Lipinski definition) is 4. The normalized spacial score (nSPS) is 21.2. The van der Waals surface area contributed by atoms with Crippen LogP contribution in [0.25, 0.3) is 0 Å². The van der Waals surface area contributed by atoms with Crippen LogP contribution in [-0.2, 0) is 0 Å². The molecule has 0 bridgehead atoms. The van der Waals surface area contributed by atoms with Gasteiger partial charge in [-0.15, -0.1) is 20.0 Å². The average molecular weight is 526 g/mol. The predicted molar refractivity (Wildman–Crippen MR) is 133 cm³/mol. The number of carbonyl (C=O) groups excluding carboxylic acids is 2. The van der Waals surface area contributed by atoms with E-state index in [0.29, 0.717) is 52.4 Å². The van der Waals surface area contributed by atoms with Crippen molar-refractivity contribution in [3.63, 3.8) is 0 Å². The lowest BCUT2D eigenvalue weighted by molar-refractivity contribution is -1.05. The Morgan fingerprint density at radius 2 is 1.11 bits per heavy atom. The van der Waals surface area contributed by atoms with Gasteiger partial charge in [0.25, 0.3) is 5.56 Å². The maximum absolute atomic E-state index is 13.7. The van der Waals surface area contributed by atoms with E-state index in [1.165, 1.54) is 0 Å². The second-order valence-corrected chi connectivity index (χ2v) is 10.1. The summed E-state index contributed by atoms with van der Waals surface area (Å²) in [5.74, 6) is -1.99. The Morgan fingerprint density at radius 1 is 0.711 bits per heavy atom. The minimum absolute atomic E-state index is 0.0565. The van der Waals surface area contributed by atoms with E-state index in [2.05, 4.69) is 15.6 Å². The Bertz CT molecular complexity index is 1400. The highest BCUT2D eigenvalue weighted by molar-refractivity contribution is 6.32. The molecule has 4 fully saturated rings. The highest BCUT2D eigenvalue weighted by Crippen LogP contribution is 2.39. The van der Waals surface area contributed by atoms with Crippen LogP contribution in [0.3, 0.4) is 0 Å². The first-order chi connectivity index (χ1) is 18.2. The lowest BCUT2D eigenvalue weighted by Crippen LogP contribution is -2.54. The van der Waals surface area contributed by atoms with E-state index < -0.39 is 38.2 Å². The fourth-order valence-electron chi connectivity index (χ4n) is 5.15. The molecule has 38 heavy (non-hydrogen) atoms. The number of quaternary nitrogens is 2. The van der Waals surface area contributed by atoms with Crippen molar-refractivity contribution < 1.29 is 24.4 Å². The Balaban J connectivity index is 1.28. The molecule has 1 aromatic carbocycles. The van der Waals surface area contributed by atoms with Gasteiger partial charge < -0.3 is 31.1 Å². The molecule has 4 saturated heterocycles. The summed E-state index contributed by atoms with van der Waals surface area (Å²) in [4.78, 5) is 40.9. The Morgan fingerprint density at radius 3 is 1.50 bits per heavy atom. The van der Waals surface area contributed by atoms with Gasteiger partial charge in [-0.25, -0.2) is 0 Å². The predicted octanol–water partition coefficient (Wildman–Crippen LogP) is -0.854. The number of hydrogen-bond acceptors (Lipinski definition) is 12. The number of hydroxylamine groups is 2. The first kappa shape index (κ1) is 23.7. The van der Waals surface area contributed by atoms with Gasteiger partial charge in [0, 0.05) is 6.20 Å². The number of anilines is 2. The zero-order valence-corrected chi connectivity index (χ0v) is 20.5. The number of nitrogens with zero attached hydrogens (tertiary/aromatic N) is 6. The molecule has 7 rings (SSSR count). The molecule has 15 nitrogen and oxygen atoms in total. The molecular weight excluding hydrogens is 498 g/mol. The van der Waals surface area contributed by atoms with Crippen LogP contribution in [0.4, 0.5) is 11.4 Å². The molecule has 1 aromatic heterocycles. The Hall–Kier alpha value is -3.41. The number of aromatic amines is 1. The third-order valence-electron chi connectivity index (χ3n) is 7.60. The van der Waals surface area contributed by atoms with E-state index in [4.69, 9.17) is 0 Å². The number of pyridine rings is 1. The smallest absolute Gasteiger partial charge is 0.260 e. The molecule has 0 unspecified atom stereocenters. The number of ketones is 2. The molecule has 0 radical (unpaired) electrons. The second kappa shape index (κ2) is 8.05. The number of benzene rings is 1. The van der Waals surface area contributed by atoms with Crippen molar-refractivity contribution in [3.8, 4) is 5.75 Å². The van der Waals surface area contributed by atoms with Crippen molar-refractivity contribution in [2.45, 2.75) is 0 Å². The summed E-state index contributed by atoms with van der Waals surface area (Å²) in [7, 11) is 0. The Kier molecular flexibility index (Phi) is 5.02. The van der Waals surface area contributed by atoms with E-state index in [0.717, 1.165) is 6.20 Å². The fraction of sp³-hybridized carbons (Fsp3) is 0.435. The van der Waals surface area contributed by atoms with Crippen molar-refractivity contribution >= 4 is 22.9 Å². The molecule has 200 valence electrons. The molecule has 1 aliphatic carbocycles. The number of fused-ring (bicyclic) bond motifs is 2. The number of H-pyrrole nitrogens is 1. The number of aromatic hydroxyl groups is 1. The molecule has 4 N–H and O–H groups in total. The molecule has 0 spiro atoms. The summed E-state index contributed by atoms with van der Waals surface area (Å²) in [6.07, 6.45) is 0.976. The van der Waals surface area contributed by atoms with Gasteiger partial charge in [0.2, 0.25) is 11.6 Å². The number of rotatable bonds is 10. The first-order valence-corrected chi connectivity index (χ1v) is 12.6. The van der Waals surface area contributed by atoms with Crippen LogP contribution in [0.15, 0.2) is 23.1 Å². The SMILES string of the molecule is O=C1c2c(NC[N+]([O-])(N3CC3)N3CC3)ccc(NC[N+]([O-])(N3CC3)N3CC3)c2C(=O)c2c1c(O)c[nH]c2=O. The number of aromatic nitrogens is 1. The van der Waals surface area contributed by atoms with Gasteiger partial charge in [-0.1, -0.05) is 0 Å². The highest BCUT2D eigenvalue weighted by Gasteiger charge is 2.48. The van der Waals surface area contributed by atoms with Crippen LogP contribution in [-0.4, -0.2) is 117 Å². The first-order valence-electron chi connectivity index (χ1n) is 12.6. The van der Waals surface area contributed by atoms with Crippen molar-refractivity contribution in [1.82, 2.24) is 25.0 Å². The lowest BCUT2D eigenvalue weighted by Gasteiger charge is -2.42. The minimum atomic E-state index is -0.799. The van der Waals surface area contributed by atoms with Gasteiger partial charge in [-0.3, -0.25) is 14.4 Å². The highest BCUT2D eigenvalue weighted by atomic mass is 16.7. The van der Waals surface area contributed by atoms with E-state index >= 15 is 0 Å². The van der Waals surface area contributed by atoms with E-state index in [1.807, 2.05) is 0 Å². The van der Waals surface area contributed by atoms with Crippen molar-refractivity contribution in [1.29, 1.82) is 0 Å². The monoisotopic (exact) mass is 525 g/mol. The molecule has 5 heterocycles. The van der Waals surface area contributed by atoms with Crippen LogP contribution in [0.1, 0.15) is 31.8 Å². The number of nitrogens with one attached hydrogen (secondary N) is 3. The van der Waals surface area contributed by atoms with Gasteiger partial charge in [-0.05, 0) is 12.1 Å². The van der Waals surface area contributed by atoms with Gasteiger partial charge in [0.15, 0.2) is 13.3 Å². The topological polar surface area (TPSA) is 169 Å². The summed E-state index contributed by atoms with van der Waals surface area (Å²) >= 11 is 0. The quantitative estimate of drug-likeness (QED) is 0.112. The summed E-state index contributed by atoms with van der Waals surface area (Å²) in [6, 6.07) is 3.14. The molecule has 4 aliphatic heterocycles. The van der Waals surface area contributed by atoms with E-state index in [1.54, 1.807) is 32.2 Å². The molecule has 0 amide bonds. The van der Waals surface area contributed by atoms with Crippen molar-refractivity contribution in [2.24, 2.45) is 0 Å². The molecule has 15 heteroatoms. The summed E-state index contributed by atoms with van der Waals surface area (Å²) in [5, 5.41) is 50.3. The van der Waals surface area contributed by atoms with Crippen molar-refractivity contribution in [3.05, 3.63) is 61.4 Å². The second-order valence-electron chi connectivity index (χ2n) is 10.1. The maximum Gasteiger partial charge on any atom is 0.260 e. The van der Waals surface area contributed by atoms with Crippen LogP contribution in [0, 0.1) is 10.4 Å². The Labute approximate surface area is 216 Å². The maximum atomic E-state index is 13.7. The third-order valence-corrected chi connectivity index (χ3v) is 7.60. The van der Waals surface area contributed by atoms with Gasteiger partial charge >= 0.3 is 0 Å². The molecule has 5 aliphatic rings. The molecule has 2 aromatic rings. The van der Waals surface area contributed by atoms with E-state index in [-0.39, 0.29) is 41.4 Å². The van der Waals surface area contributed by atoms with Gasteiger partial charge in [-0.2, -0.15) is 9.73 Å². The summed E-state index contributed by atoms with van der Waals surface area (Å²) < 4.78 is 0. The zero-order valence-electron chi connectivity index (χ0n) is 20.5. The van der Waals surface area contributed by atoms with E-state index in [9.17, 15) is 29.9 Å². The zero-order chi connectivity index (χ0) is 26.4.